The first-order valence-electron chi connectivity index (χ1n) is 9.92. The Morgan fingerprint density at radius 1 is 0.846 bits per heavy atom. The van der Waals surface area contributed by atoms with Gasteiger partial charge < -0.3 is 4.90 Å². The van der Waals surface area contributed by atoms with Gasteiger partial charge in [0.05, 0.1) is 7.05 Å². The third-order valence-corrected chi connectivity index (χ3v) is 3.70. The summed E-state index contributed by atoms with van der Waals surface area (Å²) in [6, 6.07) is 20.9. The number of hydrogen-bond donors (Lipinski definition) is 1. The van der Waals surface area contributed by atoms with Crippen LogP contribution in [0.3, 0.4) is 0 Å². The Bertz CT molecular complexity index is 597. The number of rotatable bonds is 6. The van der Waals surface area contributed by atoms with Crippen molar-refractivity contribution in [2.75, 3.05) is 7.05 Å². The second-order valence-corrected chi connectivity index (χ2v) is 5.98. The summed E-state index contributed by atoms with van der Waals surface area (Å²) in [5, 5.41) is 0. The lowest BCUT2D eigenvalue weighted by Gasteiger charge is -2.14. The summed E-state index contributed by atoms with van der Waals surface area (Å²) < 4.78 is 0. The van der Waals surface area contributed by atoms with Crippen LogP contribution < -0.4 is 4.90 Å². The van der Waals surface area contributed by atoms with E-state index >= 15 is 0 Å². The minimum atomic E-state index is 1.04. The van der Waals surface area contributed by atoms with Crippen LogP contribution in [-0.2, 0) is 6.54 Å². The van der Waals surface area contributed by atoms with Crippen molar-refractivity contribution >= 4 is 0 Å². The van der Waals surface area contributed by atoms with Gasteiger partial charge >= 0.3 is 0 Å². The molecular weight excluding hydrogens is 314 g/mol. The number of likely N-dealkylation sites (N-methyl/N-ethyl adjacent to an activating group) is 1. The first-order chi connectivity index (χ1) is 12.7. The Hall–Kier alpha value is -2.12. The molecule has 0 spiro atoms. The molecule has 0 aromatic heterocycles. The van der Waals surface area contributed by atoms with Crippen LogP contribution in [0.4, 0.5) is 0 Å². The molecule has 0 aliphatic carbocycles. The molecule has 26 heavy (non-hydrogen) atoms. The van der Waals surface area contributed by atoms with Crippen LogP contribution in [0.1, 0.15) is 51.7 Å². The zero-order valence-electron chi connectivity index (χ0n) is 17.6. The molecule has 0 saturated carbocycles. The molecule has 0 bridgehead atoms. The average Bonchev–Trinajstić information content (AvgIpc) is 2.68. The van der Waals surface area contributed by atoms with Crippen LogP contribution in [0, 0.1) is 6.92 Å². The lowest BCUT2D eigenvalue weighted by atomic mass is 10.2. The molecule has 1 heteroatoms. The van der Waals surface area contributed by atoms with E-state index in [9.17, 15) is 0 Å². The van der Waals surface area contributed by atoms with E-state index in [0.29, 0.717) is 0 Å². The molecule has 0 fully saturated rings. The van der Waals surface area contributed by atoms with Gasteiger partial charge in [-0.2, -0.15) is 0 Å². The molecule has 0 radical (unpaired) electrons. The van der Waals surface area contributed by atoms with Gasteiger partial charge in [-0.15, -0.1) is 0 Å². The van der Waals surface area contributed by atoms with Crippen molar-refractivity contribution in [2.45, 2.75) is 54.0 Å². The summed E-state index contributed by atoms with van der Waals surface area (Å²) >= 11 is 0. The van der Waals surface area contributed by atoms with Crippen LogP contribution >= 0.6 is 0 Å². The average molecular weight is 353 g/mol. The van der Waals surface area contributed by atoms with Gasteiger partial charge in [0.25, 0.3) is 0 Å². The fourth-order valence-electron chi connectivity index (χ4n) is 2.39. The number of hydrogen-bond acceptors (Lipinski definition) is 0. The molecule has 0 aliphatic heterocycles. The Balaban J connectivity index is 0.000000575. The highest BCUT2D eigenvalue weighted by molar-refractivity contribution is 5.15. The molecule has 1 N–H and O–H groups in total. The van der Waals surface area contributed by atoms with Gasteiger partial charge in [0.15, 0.2) is 0 Å². The van der Waals surface area contributed by atoms with Gasteiger partial charge in [0.2, 0.25) is 0 Å². The molecule has 0 heterocycles. The Morgan fingerprint density at radius 2 is 1.38 bits per heavy atom. The largest absolute Gasteiger partial charge is 0.301 e. The fraction of sp³-hybridized carbons (Fsp3) is 0.360. The lowest BCUT2D eigenvalue weighted by Crippen LogP contribution is -3.05. The maximum atomic E-state index is 2.31. The van der Waals surface area contributed by atoms with E-state index in [2.05, 4.69) is 88.5 Å². The van der Waals surface area contributed by atoms with E-state index < -0.39 is 0 Å². The predicted octanol–water partition coefficient (Wildman–Crippen LogP) is 5.98. The van der Waals surface area contributed by atoms with E-state index in [4.69, 9.17) is 0 Å². The molecular formula is C25H38N+. The van der Waals surface area contributed by atoms with E-state index in [1.807, 2.05) is 32.0 Å². The topological polar surface area (TPSA) is 4.44 Å². The lowest BCUT2D eigenvalue weighted by molar-refractivity contribution is -0.850. The molecule has 0 saturated heterocycles. The minimum absolute atomic E-state index is 1.04. The van der Waals surface area contributed by atoms with Crippen molar-refractivity contribution in [3.8, 4) is 0 Å². The van der Waals surface area contributed by atoms with Crippen molar-refractivity contribution in [1.82, 2.24) is 0 Å². The number of aryl methyl sites for hydroxylation is 1. The van der Waals surface area contributed by atoms with Gasteiger partial charge in [-0.05, 0) is 31.9 Å². The monoisotopic (exact) mass is 352 g/mol. The van der Waals surface area contributed by atoms with Crippen LogP contribution in [0.2, 0.25) is 0 Å². The molecule has 2 aromatic carbocycles. The zero-order chi connectivity index (χ0) is 19.6. The Labute approximate surface area is 162 Å². The quantitative estimate of drug-likeness (QED) is 0.610. The van der Waals surface area contributed by atoms with Crippen molar-refractivity contribution < 1.29 is 4.90 Å². The Morgan fingerprint density at radius 3 is 1.81 bits per heavy atom. The van der Waals surface area contributed by atoms with Gasteiger partial charge in [-0.3, -0.25) is 0 Å². The second-order valence-electron chi connectivity index (χ2n) is 5.98. The predicted molar refractivity (Wildman–Crippen MR) is 117 cm³/mol. The highest BCUT2D eigenvalue weighted by atomic mass is 15.1. The standard InChI is InChI=1S/C16H23N.C7H8.C2H6/c1-4-6-13-16(10-5-2)17(3)14-15-11-8-7-9-12-15;1-7-5-3-2-4-6-7;1-2/h6-13H,4-5,14H2,1-3H3;2-6H,1H3;1-2H3/p+1/b13-6-,16-10+;;. The first-order valence-corrected chi connectivity index (χ1v) is 9.92. The third kappa shape index (κ3) is 11.4. The van der Waals surface area contributed by atoms with E-state index in [1.165, 1.54) is 21.7 Å². The maximum absolute atomic E-state index is 2.31. The van der Waals surface area contributed by atoms with Crippen LogP contribution in [0.5, 0.6) is 0 Å². The van der Waals surface area contributed by atoms with Crippen molar-refractivity contribution in [1.29, 1.82) is 0 Å². The second kappa shape index (κ2) is 16.4. The zero-order valence-corrected chi connectivity index (χ0v) is 17.6. The van der Waals surface area contributed by atoms with Gasteiger partial charge in [-0.25, -0.2) is 0 Å². The summed E-state index contributed by atoms with van der Waals surface area (Å²) in [6.45, 7) is 11.5. The molecule has 2 rings (SSSR count). The molecule has 0 aliphatic rings. The fourth-order valence-corrected chi connectivity index (χ4v) is 2.39. The Kier molecular flexibility index (Phi) is 15.0. The van der Waals surface area contributed by atoms with Crippen molar-refractivity contribution in [3.63, 3.8) is 0 Å². The smallest absolute Gasteiger partial charge is 0.126 e. The summed E-state index contributed by atoms with van der Waals surface area (Å²) in [5.74, 6) is 0. The van der Waals surface area contributed by atoms with Crippen molar-refractivity contribution in [3.05, 3.63) is 95.7 Å². The minimum Gasteiger partial charge on any atom is -0.301 e. The van der Waals surface area contributed by atoms with E-state index in [0.717, 1.165) is 19.4 Å². The molecule has 1 atom stereocenters. The number of allylic oxidation sites excluding steroid dienone is 3. The van der Waals surface area contributed by atoms with Gasteiger partial charge in [-0.1, -0.05) is 100.0 Å². The molecule has 1 unspecified atom stereocenters. The molecule has 1 nitrogen and oxygen atoms in total. The summed E-state index contributed by atoms with van der Waals surface area (Å²) in [5.41, 5.74) is 4.10. The number of nitrogens with one attached hydrogen (secondary N) is 1. The first kappa shape index (κ1) is 23.9. The molecule has 0 amide bonds. The number of benzene rings is 2. The van der Waals surface area contributed by atoms with Crippen molar-refractivity contribution in [2.24, 2.45) is 0 Å². The third-order valence-electron chi connectivity index (χ3n) is 3.70. The normalized spacial score (nSPS) is 11.8. The van der Waals surface area contributed by atoms with Crippen LogP contribution in [-0.4, -0.2) is 7.05 Å². The summed E-state index contributed by atoms with van der Waals surface area (Å²) in [4.78, 5) is 1.45. The highest BCUT2D eigenvalue weighted by Gasteiger charge is 2.07. The summed E-state index contributed by atoms with van der Waals surface area (Å²) in [6.07, 6.45) is 8.98. The van der Waals surface area contributed by atoms with Gasteiger partial charge in [0, 0.05) is 5.56 Å². The van der Waals surface area contributed by atoms with Crippen LogP contribution in [0.15, 0.2) is 84.6 Å². The van der Waals surface area contributed by atoms with Crippen LogP contribution in [0.25, 0.3) is 0 Å². The van der Waals surface area contributed by atoms with E-state index in [-0.39, 0.29) is 0 Å². The van der Waals surface area contributed by atoms with Gasteiger partial charge in [0.1, 0.15) is 12.2 Å². The highest BCUT2D eigenvalue weighted by Crippen LogP contribution is 1.98. The maximum Gasteiger partial charge on any atom is 0.126 e. The van der Waals surface area contributed by atoms with E-state index in [1.54, 1.807) is 0 Å². The summed E-state index contributed by atoms with van der Waals surface area (Å²) in [7, 11) is 2.23. The number of quaternary nitrogens is 1. The molecule has 2 aromatic rings. The molecule has 142 valence electrons. The SMILES string of the molecule is CC.CC/C=C\C(=C/CC)[NH+](C)Cc1ccccc1.Cc1ccccc1.